The maximum absolute atomic E-state index is 5.83. The molecule has 0 aliphatic rings. The number of hydrogen-bond donors (Lipinski definition) is 2. The Balaban J connectivity index is 2.27. The zero-order chi connectivity index (χ0) is 11.8. The van der Waals surface area contributed by atoms with Gasteiger partial charge in [0.2, 0.25) is 0 Å². The molecule has 0 amide bonds. The number of para-hydroxylation sites is 1. The zero-order valence-electron chi connectivity index (χ0n) is 9.53. The summed E-state index contributed by atoms with van der Waals surface area (Å²) in [5.41, 5.74) is 9.71. The van der Waals surface area contributed by atoms with Gasteiger partial charge in [-0.1, -0.05) is 25.1 Å². The van der Waals surface area contributed by atoms with Crippen LogP contribution in [0.25, 0.3) is 22.2 Å². The van der Waals surface area contributed by atoms with Crippen molar-refractivity contribution in [1.29, 1.82) is 0 Å². The van der Waals surface area contributed by atoms with Crippen LogP contribution in [0.2, 0.25) is 0 Å². The van der Waals surface area contributed by atoms with E-state index < -0.39 is 0 Å². The number of furan rings is 1. The highest BCUT2D eigenvalue weighted by Crippen LogP contribution is 2.33. The number of anilines is 1. The van der Waals surface area contributed by atoms with Crippen molar-refractivity contribution in [2.45, 2.75) is 13.3 Å². The number of H-pyrrole nitrogens is 1. The topological polar surface area (TPSA) is 67.8 Å². The van der Waals surface area contributed by atoms with Crippen LogP contribution in [0.5, 0.6) is 0 Å². The van der Waals surface area contributed by atoms with E-state index in [1.54, 1.807) is 6.26 Å². The van der Waals surface area contributed by atoms with Gasteiger partial charge in [0.25, 0.3) is 0 Å². The van der Waals surface area contributed by atoms with Gasteiger partial charge >= 0.3 is 0 Å². The van der Waals surface area contributed by atoms with Crippen LogP contribution in [0.15, 0.2) is 34.9 Å². The summed E-state index contributed by atoms with van der Waals surface area (Å²) in [5.74, 6) is 0.563. The molecular weight excluding hydrogens is 214 g/mol. The second-order valence-corrected chi connectivity index (χ2v) is 3.96. The van der Waals surface area contributed by atoms with Gasteiger partial charge in [-0.3, -0.25) is 5.10 Å². The average molecular weight is 227 g/mol. The van der Waals surface area contributed by atoms with Crippen molar-refractivity contribution in [2.75, 3.05) is 5.73 Å². The molecular formula is C13H13N3O. The second-order valence-electron chi connectivity index (χ2n) is 3.96. The monoisotopic (exact) mass is 227 g/mol. The van der Waals surface area contributed by atoms with Crippen molar-refractivity contribution >= 4 is 16.8 Å². The molecule has 4 heteroatoms. The van der Waals surface area contributed by atoms with Crippen LogP contribution in [-0.2, 0) is 6.42 Å². The van der Waals surface area contributed by atoms with Gasteiger partial charge in [0.1, 0.15) is 17.7 Å². The van der Waals surface area contributed by atoms with Crippen molar-refractivity contribution in [3.8, 4) is 11.3 Å². The minimum absolute atomic E-state index is 0.563. The van der Waals surface area contributed by atoms with E-state index in [0.717, 1.165) is 34.2 Å². The van der Waals surface area contributed by atoms with E-state index in [2.05, 4.69) is 17.1 Å². The third kappa shape index (κ3) is 1.41. The Kier molecular flexibility index (Phi) is 2.14. The van der Waals surface area contributed by atoms with Gasteiger partial charge in [0, 0.05) is 16.5 Å². The minimum atomic E-state index is 0.563. The Labute approximate surface area is 98.4 Å². The number of benzene rings is 1. The molecule has 0 unspecified atom stereocenters. The first-order valence-corrected chi connectivity index (χ1v) is 5.60. The summed E-state index contributed by atoms with van der Waals surface area (Å²) in [7, 11) is 0. The molecule has 0 saturated heterocycles. The molecule has 2 heterocycles. The van der Waals surface area contributed by atoms with Gasteiger partial charge in [-0.25, -0.2) is 0 Å². The van der Waals surface area contributed by atoms with Crippen molar-refractivity contribution in [3.63, 3.8) is 0 Å². The molecule has 0 aliphatic heterocycles. The fraction of sp³-hybridized carbons (Fsp3) is 0.154. The van der Waals surface area contributed by atoms with E-state index >= 15 is 0 Å². The molecule has 0 aliphatic carbocycles. The third-order valence-corrected chi connectivity index (χ3v) is 3.00. The minimum Gasteiger partial charge on any atom is -0.464 e. The van der Waals surface area contributed by atoms with E-state index in [4.69, 9.17) is 10.2 Å². The lowest BCUT2D eigenvalue weighted by atomic mass is 10.1. The van der Waals surface area contributed by atoms with Gasteiger partial charge in [0.15, 0.2) is 0 Å². The van der Waals surface area contributed by atoms with Crippen molar-refractivity contribution in [2.24, 2.45) is 0 Å². The molecule has 86 valence electrons. The van der Waals surface area contributed by atoms with Crippen LogP contribution in [0.1, 0.15) is 12.5 Å². The summed E-state index contributed by atoms with van der Waals surface area (Å²) < 4.78 is 5.52. The largest absolute Gasteiger partial charge is 0.464 e. The normalized spacial score (nSPS) is 11.1. The number of aromatic amines is 1. The van der Waals surface area contributed by atoms with Crippen molar-refractivity contribution < 1.29 is 4.42 Å². The van der Waals surface area contributed by atoms with Crippen LogP contribution in [-0.4, -0.2) is 10.2 Å². The zero-order valence-corrected chi connectivity index (χ0v) is 9.53. The summed E-state index contributed by atoms with van der Waals surface area (Å²) >= 11 is 0. The molecule has 1 aromatic carbocycles. The molecule has 0 bridgehead atoms. The number of fused-ring (bicyclic) bond motifs is 1. The Morgan fingerprint density at radius 3 is 3.00 bits per heavy atom. The van der Waals surface area contributed by atoms with Crippen molar-refractivity contribution in [3.05, 3.63) is 36.1 Å². The molecule has 4 nitrogen and oxygen atoms in total. The summed E-state index contributed by atoms with van der Waals surface area (Å²) in [4.78, 5) is 0. The molecule has 2 aromatic heterocycles. The number of nitrogen functional groups attached to an aromatic ring is 1. The first-order valence-electron chi connectivity index (χ1n) is 5.60. The number of rotatable bonds is 2. The van der Waals surface area contributed by atoms with Gasteiger partial charge in [0.05, 0.1) is 5.69 Å². The molecule has 0 fully saturated rings. The number of nitrogens with zero attached hydrogens (tertiary/aromatic N) is 1. The maximum atomic E-state index is 5.83. The van der Waals surface area contributed by atoms with E-state index in [1.807, 2.05) is 24.3 Å². The highest BCUT2D eigenvalue weighted by molar-refractivity contribution is 5.94. The summed E-state index contributed by atoms with van der Waals surface area (Å²) in [6.07, 6.45) is 2.59. The molecule has 3 rings (SSSR count). The molecule has 3 aromatic rings. The predicted molar refractivity (Wildman–Crippen MR) is 67.6 cm³/mol. The molecule has 0 atom stereocenters. The first-order chi connectivity index (χ1) is 8.31. The Bertz CT molecular complexity index is 666. The van der Waals surface area contributed by atoms with Gasteiger partial charge in [-0.05, 0) is 12.5 Å². The SMILES string of the molecule is CCc1c(N)n[nH]c1-c1coc2ccccc12. The van der Waals surface area contributed by atoms with Crippen LogP contribution in [0.4, 0.5) is 5.82 Å². The Morgan fingerprint density at radius 1 is 1.35 bits per heavy atom. The third-order valence-electron chi connectivity index (χ3n) is 3.00. The quantitative estimate of drug-likeness (QED) is 0.707. The van der Waals surface area contributed by atoms with Crippen molar-refractivity contribution in [1.82, 2.24) is 10.2 Å². The molecule has 0 radical (unpaired) electrons. The standard InChI is InChI=1S/C13H13N3O/c1-2-8-12(15-16-13(8)14)10-7-17-11-6-4-3-5-9(10)11/h3-7H,2H2,1H3,(H3,14,15,16). The number of nitrogens with two attached hydrogens (primary N) is 1. The maximum Gasteiger partial charge on any atom is 0.149 e. The summed E-state index contributed by atoms with van der Waals surface area (Å²) in [5, 5.41) is 8.12. The first kappa shape index (κ1) is 9.96. The number of hydrogen-bond acceptors (Lipinski definition) is 3. The smallest absolute Gasteiger partial charge is 0.149 e. The van der Waals surface area contributed by atoms with Crippen LogP contribution >= 0.6 is 0 Å². The van der Waals surface area contributed by atoms with E-state index in [9.17, 15) is 0 Å². The van der Waals surface area contributed by atoms with Crippen LogP contribution in [0.3, 0.4) is 0 Å². The molecule has 3 N–H and O–H groups in total. The van der Waals surface area contributed by atoms with E-state index in [1.165, 1.54) is 0 Å². The van der Waals surface area contributed by atoms with Gasteiger partial charge in [-0.2, -0.15) is 5.10 Å². The Morgan fingerprint density at radius 2 is 2.18 bits per heavy atom. The van der Waals surface area contributed by atoms with E-state index in [0.29, 0.717) is 5.82 Å². The van der Waals surface area contributed by atoms with Crippen LogP contribution < -0.4 is 5.73 Å². The van der Waals surface area contributed by atoms with E-state index in [-0.39, 0.29) is 0 Å². The number of aromatic nitrogens is 2. The molecule has 0 saturated carbocycles. The average Bonchev–Trinajstić information content (AvgIpc) is 2.92. The van der Waals surface area contributed by atoms with Gasteiger partial charge < -0.3 is 10.2 Å². The lowest BCUT2D eigenvalue weighted by Gasteiger charge is -1.98. The Hall–Kier alpha value is -2.23. The van der Waals surface area contributed by atoms with Gasteiger partial charge in [-0.15, -0.1) is 0 Å². The summed E-state index contributed by atoms with van der Waals surface area (Å²) in [6, 6.07) is 7.93. The lowest BCUT2D eigenvalue weighted by Crippen LogP contribution is -1.90. The fourth-order valence-electron chi connectivity index (χ4n) is 2.13. The second kappa shape index (κ2) is 3.66. The number of nitrogens with one attached hydrogen (secondary N) is 1. The molecule has 0 spiro atoms. The predicted octanol–water partition coefficient (Wildman–Crippen LogP) is 2.97. The van der Waals surface area contributed by atoms with Crippen LogP contribution in [0, 0.1) is 0 Å². The lowest BCUT2D eigenvalue weighted by molar-refractivity contribution is 0.616. The summed E-state index contributed by atoms with van der Waals surface area (Å²) in [6.45, 7) is 2.06. The fourth-order valence-corrected chi connectivity index (χ4v) is 2.13. The highest BCUT2D eigenvalue weighted by Gasteiger charge is 2.15. The highest BCUT2D eigenvalue weighted by atomic mass is 16.3. The molecule has 17 heavy (non-hydrogen) atoms.